The zero-order valence-corrected chi connectivity index (χ0v) is 13.2. The highest BCUT2D eigenvalue weighted by Gasteiger charge is 2.31. The number of aryl methyl sites for hydroxylation is 2. The van der Waals surface area contributed by atoms with E-state index >= 15 is 0 Å². The number of fused-ring (bicyclic) bond motifs is 1. The number of carbonyl (C=O) groups is 1. The van der Waals surface area contributed by atoms with Gasteiger partial charge in [-0.1, -0.05) is 29.4 Å². The van der Waals surface area contributed by atoms with Crippen LogP contribution in [0.3, 0.4) is 0 Å². The number of amides is 1. The van der Waals surface area contributed by atoms with Gasteiger partial charge in [0.25, 0.3) is 0 Å². The Morgan fingerprint density at radius 3 is 2.73 bits per heavy atom. The lowest BCUT2D eigenvalue weighted by atomic mass is 9.93. The van der Waals surface area contributed by atoms with Crippen molar-refractivity contribution in [1.82, 2.24) is 15.4 Å². The Kier molecular flexibility index (Phi) is 3.98. The Bertz CT molecular complexity index is 673. The molecule has 0 bridgehead atoms. The Morgan fingerprint density at radius 1 is 1.36 bits per heavy atom. The SMILES string of the molecule is CNC(=O)C1Cc2ccccc2CN1Cc1c(C)noc1C. The summed E-state index contributed by atoms with van der Waals surface area (Å²) in [6, 6.07) is 8.17. The molecule has 1 atom stereocenters. The van der Waals surface area contributed by atoms with Gasteiger partial charge in [0, 0.05) is 25.7 Å². The highest BCUT2D eigenvalue weighted by molar-refractivity contribution is 5.82. The topological polar surface area (TPSA) is 58.4 Å². The average Bonchev–Trinajstić information content (AvgIpc) is 2.85. The number of likely N-dealkylation sites (N-methyl/N-ethyl adjacent to an activating group) is 1. The molecular formula is C17H21N3O2. The smallest absolute Gasteiger partial charge is 0.237 e. The quantitative estimate of drug-likeness (QED) is 0.941. The van der Waals surface area contributed by atoms with Crippen LogP contribution in [-0.4, -0.2) is 29.1 Å². The van der Waals surface area contributed by atoms with Gasteiger partial charge < -0.3 is 9.84 Å². The van der Waals surface area contributed by atoms with Gasteiger partial charge in [-0.25, -0.2) is 0 Å². The summed E-state index contributed by atoms with van der Waals surface area (Å²) in [4.78, 5) is 14.5. The number of benzene rings is 1. The summed E-state index contributed by atoms with van der Waals surface area (Å²) in [6.07, 6.45) is 0.735. The Balaban J connectivity index is 1.91. The van der Waals surface area contributed by atoms with Crippen molar-refractivity contribution in [3.8, 4) is 0 Å². The molecule has 0 fully saturated rings. The summed E-state index contributed by atoms with van der Waals surface area (Å²) in [5.74, 6) is 0.883. The maximum atomic E-state index is 12.3. The molecule has 22 heavy (non-hydrogen) atoms. The minimum Gasteiger partial charge on any atom is -0.361 e. The number of carbonyl (C=O) groups excluding carboxylic acids is 1. The Hall–Kier alpha value is -2.14. The molecule has 1 aromatic carbocycles. The highest BCUT2D eigenvalue weighted by Crippen LogP contribution is 2.26. The third-order valence-corrected chi connectivity index (χ3v) is 4.44. The summed E-state index contributed by atoms with van der Waals surface area (Å²) >= 11 is 0. The first kappa shape index (κ1) is 14.8. The van der Waals surface area contributed by atoms with Gasteiger partial charge in [0.2, 0.25) is 5.91 Å². The fraction of sp³-hybridized carbons (Fsp3) is 0.412. The molecule has 1 aliphatic heterocycles. The zero-order valence-electron chi connectivity index (χ0n) is 13.2. The van der Waals surface area contributed by atoms with Crippen LogP contribution in [0.2, 0.25) is 0 Å². The van der Waals surface area contributed by atoms with Crippen molar-refractivity contribution in [2.45, 2.75) is 39.4 Å². The number of hydrogen-bond donors (Lipinski definition) is 1. The Labute approximate surface area is 130 Å². The van der Waals surface area contributed by atoms with Gasteiger partial charge in [-0.05, 0) is 31.4 Å². The minimum atomic E-state index is -0.159. The highest BCUT2D eigenvalue weighted by atomic mass is 16.5. The standard InChI is InChI=1S/C17H21N3O2/c1-11-15(12(2)22-19-11)10-20-9-14-7-5-4-6-13(14)8-16(20)17(21)18-3/h4-7,16H,8-10H2,1-3H3,(H,18,21). The normalized spacial score (nSPS) is 18.0. The summed E-state index contributed by atoms with van der Waals surface area (Å²) in [7, 11) is 1.69. The van der Waals surface area contributed by atoms with Crippen LogP contribution in [0, 0.1) is 13.8 Å². The predicted molar refractivity (Wildman–Crippen MR) is 83.2 cm³/mol. The number of hydrogen-bond acceptors (Lipinski definition) is 4. The van der Waals surface area contributed by atoms with Gasteiger partial charge >= 0.3 is 0 Å². The van der Waals surface area contributed by atoms with E-state index in [0.29, 0.717) is 6.54 Å². The maximum absolute atomic E-state index is 12.3. The third kappa shape index (κ3) is 2.64. The number of aromatic nitrogens is 1. The monoisotopic (exact) mass is 299 g/mol. The first-order chi connectivity index (χ1) is 10.6. The van der Waals surface area contributed by atoms with Gasteiger partial charge in [-0.2, -0.15) is 0 Å². The number of nitrogens with zero attached hydrogens (tertiary/aromatic N) is 2. The maximum Gasteiger partial charge on any atom is 0.237 e. The van der Waals surface area contributed by atoms with Crippen LogP contribution in [0.4, 0.5) is 0 Å². The van der Waals surface area contributed by atoms with Crippen LogP contribution >= 0.6 is 0 Å². The first-order valence-corrected chi connectivity index (χ1v) is 7.54. The second-order valence-corrected chi connectivity index (χ2v) is 5.81. The molecule has 5 nitrogen and oxygen atoms in total. The van der Waals surface area contributed by atoms with Gasteiger partial charge in [0.15, 0.2) is 0 Å². The molecule has 3 rings (SSSR count). The molecule has 1 aromatic heterocycles. The molecule has 0 saturated heterocycles. The van der Waals surface area contributed by atoms with Crippen LogP contribution in [0.25, 0.3) is 0 Å². The molecule has 116 valence electrons. The van der Waals surface area contributed by atoms with E-state index < -0.39 is 0 Å². The molecule has 1 amide bonds. The average molecular weight is 299 g/mol. The number of nitrogens with one attached hydrogen (secondary N) is 1. The van der Waals surface area contributed by atoms with Crippen molar-refractivity contribution in [3.63, 3.8) is 0 Å². The lowest BCUT2D eigenvalue weighted by Gasteiger charge is -2.35. The van der Waals surface area contributed by atoms with Crippen LogP contribution in [0.15, 0.2) is 28.8 Å². The summed E-state index contributed by atoms with van der Waals surface area (Å²) in [5.41, 5.74) is 4.51. The molecule has 0 aliphatic carbocycles. The van der Waals surface area contributed by atoms with E-state index in [1.54, 1.807) is 7.05 Å². The van der Waals surface area contributed by atoms with Crippen LogP contribution < -0.4 is 5.32 Å². The van der Waals surface area contributed by atoms with E-state index in [9.17, 15) is 4.79 Å². The molecule has 2 heterocycles. The van der Waals surface area contributed by atoms with Gasteiger partial charge in [0.05, 0.1) is 11.7 Å². The molecule has 0 saturated carbocycles. The van der Waals surface area contributed by atoms with Crippen molar-refractivity contribution in [2.24, 2.45) is 0 Å². The minimum absolute atomic E-state index is 0.0567. The summed E-state index contributed by atoms with van der Waals surface area (Å²) < 4.78 is 5.25. The van der Waals surface area contributed by atoms with Crippen molar-refractivity contribution in [3.05, 3.63) is 52.4 Å². The summed E-state index contributed by atoms with van der Waals surface area (Å²) in [5, 5.41) is 6.80. The van der Waals surface area contributed by atoms with E-state index in [-0.39, 0.29) is 11.9 Å². The predicted octanol–water partition coefficient (Wildman–Crippen LogP) is 1.96. The third-order valence-electron chi connectivity index (χ3n) is 4.44. The second-order valence-electron chi connectivity index (χ2n) is 5.81. The van der Waals surface area contributed by atoms with E-state index in [2.05, 4.69) is 27.5 Å². The van der Waals surface area contributed by atoms with E-state index in [1.165, 1.54) is 11.1 Å². The first-order valence-electron chi connectivity index (χ1n) is 7.54. The van der Waals surface area contributed by atoms with Crippen molar-refractivity contribution in [2.75, 3.05) is 7.05 Å². The van der Waals surface area contributed by atoms with E-state index in [1.807, 2.05) is 26.0 Å². The van der Waals surface area contributed by atoms with Gasteiger partial charge in [-0.15, -0.1) is 0 Å². The number of rotatable bonds is 3. The lowest BCUT2D eigenvalue weighted by Crippen LogP contribution is -2.49. The van der Waals surface area contributed by atoms with Gasteiger partial charge in [-0.3, -0.25) is 9.69 Å². The molecular weight excluding hydrogens is 278 g/mol. The van der Waals surface area contributed by atoms with E-state index in [4.69, 9.17) is 4.52 Å². The molecule has 5 heteroatoms. The molecule has 1 N–H and O–H groups in total. The second kappa shape index (κ2) is 5.93. The zero-order chi connectivity index (χ0) is 15.7. The fourth-order valence-corrected chi connectivity index (χ4v) is 3.10. The summed E-state index contributed by atoms with van der Waals surface area (Å²) in [6.45, 7) is 5.30. The van der Waals surface area contributed by atoms with Gasteiger partial charge in [0.1, 0.15) is 5.76 Å². The molecule has 1 aliphatic rings. The largest absolute Gasteiger partial charge is 0.361 e. The van der Waals surface area contributed by atoms with Crippen LogP contribution in [0.1, 0.15) is 28.1 Å². The van der Waals surface area contributed by atoms with Crippen molar-refractivity contribution < 1.29 is 9.32 Å². The van der Waals surface area contributed by atoms with Crippen LogP contribution in [0.5, 0.6) is 0 Å². The molecule has 0 radical (unpaired) electrons. The lowest BCUT2D eigenvalue weighted by molar-refractivity contribution is -0.126. The molecule has 2 aromatic rings. The van der Waals surface area contributed by atoms with Crippen molar-refractivity contribution in [1.29, 1.82) is 0 Å². The molecule has 0 spiro atoms. The Morgan fingerprint density at radius 2 is 2.09 bits per heavy atom. The van der Waals surface area contributed by atoms with E-state index in [0.717, 1.165) is 30.0 Å². The fourth-order valence-electron chi connectivity index (χ4n) is 3.10. The van der Waals surface area contributed by atoms with Crippen molar-refractivity contribution >= 4 is 5.91 Å². The molecule has 1 unspecified atom stereocenters. The van der Waals surface area contributed by atoms with Crippen LogP contribution in [-0.2, 0) is 24.3 Å².